The largest absolute Gasteiger partial charge is 0.457 e. The van der Waals surface area contributed by atoms with E-state index in [9.17, 15) is 0 Å². The highest BCUT2D eigenvalue weighted by Crippen LogP contribution is 2.61. The lowest BCUT2D eigenvalue weighted by atomic mass is 9.58. The van der Waals surface area contributed by atoms with Crippen molar-refractivity contribution in [2.75, 3.05) is 4.90 Å². The number of anilines is 3. The van der Waals surface area contributed by atoms with E-state index in [1.165, 1.54) is 60.5 Å². The van der Waals surface area contributed by atoms with Gasteiger partial charge in [-0.3, -0.25) is 0 Å². The molecule has 0 fully saturated rings. The zero-order valence-electron chi connectivity index (χ0n) is 28.9. The van der Waals surface area contributed by atoms with Crippen LogP contribution in [0.3, 0.4) is 0 Å². The van der Waals surface area contributed by atoms with Crippen LogP contribution in [0.1, 0.15) is 22.3 Å². The first-order chi connectivity index (χ1) is 26.3. The van der Waals surface area contributed by atoms with Crippen LogP contribution in [-0.4, -0.2) is 0 Å². The molecule has 9 aromatic rings. The molecule has 53 heavy (non-hydrogen) atoms. The molecule has 0 saturated heterocycles. The van der Waals surface area contributed by atoms with Crippen LogP contribution in [0.5, 0.6) is 11.5 Å². The maximum atomic E-state index is 6.97. The molecule has 0 aromatic heterocycles. The standard InChI is InChI=1S/C51H33NO/c1-3-13-34(14-4-1)36-25-26-38-32-40(28-27-37(38)31-36)52(39-17-5-2-6-18-39)41-29-30-46-49(33-41)53-48-24-10-9-22-45(48)51(46)44-21-8-7-19-42(44)43-20-11-15-35-16-12-23-47(51)50(35)43/h1-33H. The highest BCUT2D eigenvalue weighted by Gasteiger charge is 2.49. The van der Waals surface area contributed by atoms with Crippen LogP contribution in [0, 0.1) is 0 Å². The summed E-state index contributed by atoms with van der Waals surface area (Å²) in [6, 6.07) is 72.6. The van der Waals surface area contributed by atoms with Crippen LogP contribution < -0.4 is 9.64 Å². The Morgan fingerprint density at radius 1 is 0.340 bits per heavy atom. The van der Waals surface area contributed by atoms with Crippen molar-refractivity contribution in [1.29, 1.82) is 0 Å². The molecule has 1 aliphatic heterocycles. The first kappa shape index (κ1) is 29.8. The number of ether oxygens (including phenoxy) is 1. The first-order valence-corrected chi connectivity index (χ1v) is 18.3. The Kier molecular flexibility index (Phi) is 6.50. The van der Waals surface area contributed by atoms with Gasteiger partial charge in [-0.15, -0.1) is 0 Å². The van der Waals surface area contributed by atoms with Gasteiger partial charge in [0.05, 0.1) is 5.41 Å². The SMILES string of the molecule is c1ccc(-c2ccc3cc(N(c4ccccc4)c4ccc5c(c4)Oc4ccccc4C54c5ccccc5-c5cccc6cccc4c56)ccc3c2)cc1. The van der Waals surface area contributed by atoms with Crippen LogP contribution in [0.4, 0.5) is 17.1 Å². The second-order valence-electron chi connectivity index (χ2n) is 14.1. The van der Waals surface area contributed by atoms with E-state index in [1.807, 2.05) is 0 Å². The lowest BCUT2D eigenvalue weighted by Crippen LogP contribution is -2.36. The molecule has 1 aliphatic carbocycles. The molecule has 1 unspecified atom stereocenters. The summed E-state index contributed by atoms with van der Waals surface area (Å²) >= 11 is 0. The van der Waals surface area contributed by atoms with Gasteiger partial charge in [-0.2, -0.15) is 0 Å². The van der Waals surface area contributed by atoms with Gasteiger partial charge in [-0.1, -0.05) is 152 Å². The summed E-state index contributed by atoms with van der Waals surface area (Å²) < 4.78 is 6.97. The summed E-state index contributed by atoms with van der Waals surface area (Å²) in [6.45, 7) is 0. The predicted molar refractivity (Wildman–Crippen MR) is 219 cm³/mol. The minimum absolute atomic E-state index is 0.565. The van der Waals surface area contributed by atoms with Crippen molar-refractivity contribution in [2.24, 2.45) is 0 Å². The van der Waals surface area contributed by atoms with Crippen LogP contribution in [0.2, 0.25) is 0 Å². The Morgan fingerprint density at radius 3 is 1.83 bits per heavy atom. The van der Waals surface area contributed by atoms with E-state index < -0.39 is 5.41 Å². The average Bonchev–Trinajstić information content (AvgIpc) is 3.23. The summed E-state index contributed by atoms with van der Waals surface area (Å²) in [5.74, 6) is 1.75. The van der Waals surface area contributed by atoms with E-state index >= 15 is 0 Å². The highest BCUT2D eigenvalue weighted by atomic mass is 16.5. The molecule has 2 heteroatoms. The molecule has 2 nitrogen and oxygen atoms in total. The molecule has 2 aliphatic rings. The van der Waals surface area contributed by atoms with Crippen LogP contribution in [0.15, 0.2) is 200 Å². The number of fused-ring (bicyclic) bond motifs is 9. The molecule has 9 aromatic carbocycles. The van der Waals surface area contributed by atoms with Gasteiger partial charge in [0.2, 0.25) is 0 Å². The summed E-state index contributed by atoms with van der Waals surface area (Å²) in [5, 5.41) is 4.95. The van der Waals surface area contributed by atoms with Gasteiger partial charge in [-0.05, 0) is 97.4 Å². The van der Waals surface area contributed by atoms with Crippen molar-refractivity contribution in [3.63, 3.8) is 0 Å². The fourth-order valence-electron chi connectivity index (χ4n) is 9.03. The fraction of sp³-hybridized carbons (Fsp3) is 0.0196. The number of benzene rings is 9. The second kappa shape index (κ2) is 11.6. The van der Waals surface area contributed by atoms with Crippen LogP contribution >= 0.6 is 0 Å². The van der Waals surface area contributed by atoms with Crippen molar-refractivity contribution in [1.82, 2.24) is 0 Å². The zero-order valence-corrected chi connectivity index (χ0v) is 28.9. The Balaban J connectivity index is 1.13. The van der Waals surface area contributed by atoms with Crippen molar-refractivity contribution in [3.8, 4) is 33.8 Å². The van der Waals surface area contributed by atoms with Crippen molar-refractivity contribution in [3.05, 3.63) is 222 Å². The lowest BCUT2D eigenvalue weighted by Gasteiger charge is -2.45. The molecular formula is C51H33NO. The normalized spacial score (nSPS) is 15.0. The molecule has 0 N–H and O–H groups in total. The van der Waals surface area contributed by atoms with E-state index in [0.29, 0.717) is 0 Å². The predicted octanol–water partition coefficient (Wildman–Crippen LogP) is 13.6. The van der Waals surface area contributed by atoms with Gasteiger partial charge in [0.25, 0.3) is 0 Å². The van der Waals surface area contributed by atoms with E-state index in [0.717, 1.165) is 34.1 Å². The second-order valence-corrected chi connectivity index (χ2v) is 14.1. The molecule has 11 rings (SSSR count). The highest BCUT2D eigenvalue weighted by molar-refractivity contribution is 6.05. The molecule has 0 bridgehead atoms. The quantitative estimate of drug-likeness (QED) is 0.184. The lowest BCUT2D eigenvalue weighted by molar-refractivity contribution is 0.435. The average molecular weight is 676 g/mol. The summed E-state index contributed by atoms with van der Waals surface area (Å²) in [5.41, 5.74) is 12.5. The molecule has 1 spiro atoms. The van der Waals surface area contributed by atoms with Crippen LogP contribution in [-0.2, 0) is 5.41 Å². The number of rotatable bonds is 4. The van der Waals surface area contributed by atoms with Gasteiger partial charge in [0, 0.05) is 34.3 Å². The monoisotopic (exact) mass is 675 g/mol. The summed E-state index contributed by atoms with van der Waals surface area (Å²) in [4.78, 5) is 2.34. The van der Waals surface area contributed by atoms with E-state index in [1.54, 1.807) is 0 Å². The van der Waals surface area contributed by atoms with E-state index in [2.05, 4.69) is 205 Å². The maximum Gasteiger partial charge on any atom is 0.134 e. The molecule has 1 atom stereocenters. The van der Waals surface area contributed by atoms with E-state index in [-0.39, 0.29) is 0 Å². The third-order valence-corrected chi connectivity index (χ3v) is 11.3. The first-order valence-electron chi connectivity index (χ1n) is 18.3. The molecule has 1 heterocycles. The number of hydrogen-bond donors (Lipinski definition) is 0. The van der Waals surface area contributed by atoms with Gasteiger partial charge < -0.3 is 9.64 Å². The number of hydrogen-bond acceptors (Lipinski definition) is 2. The van der Waals surface area contributed by atoms with Gasteiger partial charge in [0.1, 0.15) is 11.5 Å². The van der Waals surface area contributed by atoms with Gasteiger partial charge in [0.15, 0.2) is 0 Å². The molecule has 0 saturated carbocycles. The third-order valence-electron chi connectivity index (χ3n) is 11.3. The van der Waals surface area contributed by atoms with Crippen molar-refractivity contribution >= 4 is 38.6 Å². The Hall–Kier alpha value is -6.90. The summed E-state index contributed by atoms with van der Waals surface area (Å²) in [7, 11) is 0. The van der Waals surface area contributed by atoms with Crippen molar-refractivity contribution < 1.29 is 4.74 Å². The topological polar surface area (TPSA) is 12.5 Å². The third kappa shape index (κ3) is 4.39. The van der Waals surface area contributed by atoms with Crippen LogP contribution in [0.25, 0.3) is 43.8 Å². The fourth-order valence-corrected chi connectivity index (χ4v) is 9.03. The Bertz CT molecular complexity index is 2870. The zero-order chi connectivity index (χ0) is 34.9. The molecular weight excluding hydrogens is 643 g/mol. The number of para-hydroxylation sites is 2. The minimum Gasteiger partial charge on any atom is -0.457 e. The Morgan fingerprint density at radius 2 is 0.962 bits per heavy atom. The van der Waals surface area contributed by atoms with Gasteiger partial charge in [-0.25, -0.2) is 0 Å². The maximum absolute atomic E-state index is 6.97. The molecule has 248 valence electrons. The smallest absolute Gasteiger partial charge is 0.134 e. The number of nitrogens with zero attached hydrogens (tertiary/aromatic N) is 1. The Labute approximate surface area is 308 Å². The summed E-state index contributed by atoms with van der Waals surface area (Å²) in [6.07, 6.45) is 0. The molecule has 0 amide bonds. The molecule has 0 radical (unpaired) electrons. The van der Waals surface area contributed by atoms with Crippen molar-refractivity contribution in [2.45, 2.75) is 5.41 Å². The van der Waals surface area contributed by atoms with Gasteiger partial charge >= 0.3 is 0 Å². The van der Waals surface area contributed by atoms with E-state index in [4.69, 9.17) is 4.74 Å². The minimum atomic E-state index is -0.565.